The lowest BCUT2D eigenvalue weighted by molar-refractivity contribution is 0.0465. The van der Waals surface area contributed by atoms with Gasteiger partial charge >= 0.3 is 0 Å². The van der Waals surface area contributed by atoms with Crippen LogP contribution >= 0.6 is 0 Å². The second-order valence-electron chi connectivity index (χ2n) is 13.2. The maximum atomic E-state index is 10.7. The fraction of sp³-hybridized carbons (Fsp3) is 0.556. The van der Waals surface area contributed by atoms with E-state index >= 15 is 0 Å². The van der Waals surface area contributed by atoms with E-state index in [-0.39, 0.29) is 29.3 Å². The molecule has 1 aliphatic carbocycles. The topological polar surface area (TPSA) is 47.9 Å². The second kappa shape index (κ2) is 16.6. The minimum atomic E-state index is -2.01. The molecule has 0 spiro atoms. The van der Waals surface area contributed by atoms with Crippen LogP contribution in [0.3, 0.4) is 0 Å². The number of allylic oxidation sites excluding steroid dienone is 2. The lowest BCUT2D eigenvalue weighted by Gasteiger charge is -2.41. The highest BCUT2D eigenvalue weighted by Gasteiger charge is 2.43. The molecule has 0 unspecified atom stereocenters. The maximum Gasteiger partial charge on any atom is 0.192 e. The van der Waals surface area contributed by atoms with E-state index in [4.69, 9.17) is 13.9 Å². The van der Waals surface area contributed by atoms with Crippen LogP contribution in [0.4, 0.5) is 0 Å². The average Bonchev–Trinajstić information content (AvgIpc) is 3.31. The lowest BCUT2D eigenvalue weighted by atomic mass is 9.89. The molecule has 1 N–H and O–H groups in total. The van der Waals surface area contributed by atoms with Gasteiger partial charge in [0.1, 0.15) is 0 Å². The molecule has 0 aliphatic heterocycles. The Balaban J connectivity index is 1.55. The van der Waals surface area contributed by atoms with Gasteiger partial charge in [0.25, 0.3) is 0 Å². The van der Waals surface area contributed by atoms with Crippen molar-refractivity contribution >= 4 is 8.32 Å². The Morgan fingerprint density at radius 2 is 1.56 bits per heavy atom. The van der Waals surface area contributed by atoms with Crippen molar-refractivity contribution < 1.29 is 19.0 Å². The maximum absolute atomic E-state index is 10.7. The number of aliphatic hydroxyl groups excluding tert-OH is 1. The number of benzene rings is 2. The number of aliphatic hydroxyl groups is 1. The zero-order chi connectivity index (χ0) is 29.7. The van der Waals surface area contributed by atoms with E-state index in [9.17, 15) is 5.11 Å². The molecule has 1 saturated carbocycles. The zero-order valence-corrected chi connectivity index (χ0v) is 27.3. The SMILES string of the molecule is C[C@@H](CCC/C=C/[C@@H]1C[C@@H](O)C[C@H]1[C@@H](/C=C/COCc1ccccc1)O[Si](C)(C)C(C)(C)C)OCc1ccccc1. The van der Waals surface area contributed by atoms with Crippen LogP contribution in [-0.4, -0.2) is 38.3 Å². The van der Waals surface area contributed by atoms with E-state index in [0.29, 0.717) is 25.7 Å². The van der Waals surface area contributed by atoms with Crippen LogP contribution in [0.5, 0.6) is 0 Å². The summed E-state index contributed by atoms with van der Waals surface area (Å²) in [6, 6.07) is 20.6. The van der Waals surface area contributed by atoms with Crippen LogP contribution in [0.25, 0.3) is 0 Å². The van der Waals surface area contributed by atoms with Gasteiger partial charge in [0.2, 0.25) is 0 Å². The van der Waals surface area contributed by atoms with E-state index < -0.39 is 8.32 Å². The van der Waals surface area contributed by atoms with Gasteiger partial charge in [-0.05, 0) is 80.1 Å². The van der Waals surface area contributed by atoms with Crippen molar-refractivity contribution in [2.75, 3.05) is 6.61 Å². The highest BCUT2D eigenvalue weighted by atomic mass is 28.4. The van der Waals surface area contributed by atoms with Crippen LogP contribution in [0.1, 0.15) is 70.9 Å². The number of hydrogen-bond donors (Lipinski definition) is 1. The largest absolute Gasteiger partial charge is 0.410 e. The first kappa shape index (κ1) is 33.5. The van der Waals surface area contributed by atoms with E-state index in [1.807, 2.05) is 24.3 Å². The van der Waals surface area contributed by atoms with Gasteiger partial charge in [-0.25, -0.2) is 0 Å². The second-order valence-corrected chi connectivity index (χ2v) is 17.9. The summed E-state index contributed by atoms with van der Waals surface area (Å²) in [5.41, 5.74) is 2.40. The lowest BCUT2D eigenvalue weighted by Crippen LogP contribution is -2.45. The summed E-state index contributed by atoms with van der Waals surface area (Å²) >= 11 is 0. The van der Waals surface area contributed by atoms with Crippen molar-refractivity contribution in [3.05, 3.63) is 96.1 Å². The van der Waals surface area contributed by atoms with Crippen molar-refractivity contribution in [1.82, 2.24) is 0 Å². The minimum absolute atomic E-state index is 0.0329. The van der Waals surface area contributed by atoms with Gasteiger partial charge < -0.3 is 19.0 Å². The Kier molecular flexibility index (Phi) is 13.5. The summed E-state index contributed by atoms with van der Waals surface area (Å²) in [4.78, 5) is 0. The van der Waals surface area contributed by atoms with Crippen molar-refractivity contribution in [3.63, 3.8) is 0 Å². The minimum Gasteiger partial charge on any atom is -0.410 e. The number of unbranched alkanes of at least 4 members (excludes halogenated alkanes) is 1. The quantitative estimate of drug-likeness (QED) is 0.123. The molecule has 41 heavy (non-hydrogen) atoms. The number of hydrogen-bond acceptors (Lipinski definition) is 4. The van der Waals surface area contributed by atoms with E-state index in [2.05, 4.69) is 101 Å². The monoisotopic (exact) mass is 578 g/mol. The van der Waals surface area contributed by atoms with Crippen LogP contribution in [0.2, 0.25) is 18.1 Å². The molecule has 5 atom stereocenters. The third-order valence-corrected chi connectivity index (χ3v) is 13.2. The molecule has 4 nitrogen and oxygen atoms in total. The molecular formula is C36H54O4Si. The Morgan fingerprint density at radius 1 is 0.927 bits per heavy atom. The van der Waals surface area contributed by atoms with Gasteiger partial charge in [-0.1, -0.05) is 106 Å². The van der Waals surface area contributed by atoms with Crippen LogP contribution in [0.15, 0.2) is 85.0 Å². The molecule has 3 rings (SSSR count). The van der Waals surface area contributed by atoms with Gasteiger partial charge in [-0.3, -0.25) is 0 Å². The fourth-order valence-corrected chi connectivity index (χ4v) is 6.45. The molecule has 2 aromatic rings. The highest BCUT2D eigenvalue weighted by Crippen LogP contribution is 2.42. The summed E-state index contributed by atoms with van der Waals surface area (Å²) in [7, 11) is -2.01. The van der Waals surface area contributed by atoms with Gasteiger partial charge in [0, 0.05) is 0 Å². The molecular weight excluding hydrogens is 524 g/mol. The molecule has 2 aromatic carbocycles. The summed E-state index contributed by atoms with van der Waals surface area (Å²) in [6.45, 7) is 15.5. The third kappa shape index (κ3) is 11.6. The average molecular weight is 579 g/mol. The Bertz CT molecular complexity index is 1040. The van der Waals surface area contributed by atoms with Crippen molar-refractivity contribution in [1.29, 1.82) is 0 Å². The highest BCUT2D eigenvalue weighted by molar-refractivity contribution is 6.74. The zero-order valence-electron chi connectivity index (χ0n) is 26.3. The van der Waals surface area contributed by atoms with Crippen molar-refractivity contribution in [2.45, 2.75) is 109 Å². The molecule has 5 heteroatoms. The van der Waals surface area contributed by atoms with Gasteiger partial charge in [0.05, 0.1) is 38.1 Å². The third-order valence-electron chi connectivity index (χ3n) is 8.69. The first-order valence-corrected chi connectivity index (χ1v) is 18.4. The van der Waals surface area contributed by atoms with E-state index in [1.165, 1.54) is 11.1 Å². The normalized spacial score (nSPS) is 21.6. The predicted molar refractivity (Wildman–Crippen MR) is 173 cm³/mol. The molecule has 0 aromatic heterocycles. The molecule has 0 saturated heterocycles. The molecule has 1 fully saturated rings. The Morgan fingerprint density at radius 3 is 2.20 bits per heavy atom. The molecule has 0 radical (unpaired) electrons. The van der Waals surface area contributed by atoms with Crippen LogP contribution in [-0.2, 0) is 27.1 Å². The molecule has 1 aliphatic rings. The molecule has 226 valence electrons. The van der Waals surface area contributed by atoms with Gasteiger partial charge in [-0.2, -0.15) is 0 Å². The summed E-state index contributed by atoms with van der Waals surface area (Å²) < 4.78 is 19.0. The van der Waals surface area contributed by atoms with E-state index in [0.717, 1.165) is 32.1 Å². The van der Waals surface area contributed by atoms with Gasteiger partial charge in [0.15, 0.2) is 8.32 Å². The van der Waals surface area contributed by atoms with Crippen molar-refractivity contribution in [2.24, 2.45) is 11.8 Å². The first-order valence-electron chi connectivity index (χ1n) is 15.5. The molecule has 0 amide bonds. The molecule has 0 bridgehead atoms. The smallest absolute Gasteiger partial charge is 0.192 e. The summed E-state index contributed by atoms with van der Waals surface area (Å²) in [5.74, 6) is 0.565. The number of rotatable bonds is 16. The van der Waals surface area contributed by atoms with Crippen molar-refractivity contribution in [3.8, 4) is 0 Å². The first-order chi connectivity index (χ1) is 19.5. The van der Waals surface area contributed by atoms with Crippen LogP contribution in [0, 0.1) is 11.8 Å². The Labute approximate surface area is 251 Å². The van der Waals surface area contributed by atoms with Crippen LogP contribution < -0.4 is 0 Å². The number of ether oxygens (including phenoxy) is 2. The summed E-state index contributed by atoms with van der Waals surface area (Å²) in [6.07, 6.45) is 13.6. The Hall–Kier alpha value is -2.02. The summed E-state index contributed by atoms with van der Waals surface area (Å²) in [5, 5.41) is 10.8. The molecule has 0 heterocycles. The predicted octanol–water partition coefficient (Wildman–Crippen LogP) is 8.87. The van der Waals surface area contributed by atoms with E-state index in [1.54, 1.807) is 0 Å². The fourth-order valence-electron chi connectivity index (χ4n) is 5.16. The standard InChI is InChI=1S/C36H54O4Si/c1-29(39-28-31-20-13-9-14-21-31)17-10-7-15-22-32-25-33(37)26-34(32)35(40-41(5,6)36(2,3)4)23-16-24-38-27-30-18-11-8-12-19-30/h8-9,11-16,18-23,29,32-35,37H,7,10,17,24-28H2,1-6H3/b22-15+,23-16+/t29-,32+,33+,34+,35+/m0/s1. The van der Waals surface area contributed by atoms with Gasteiger partial charge in [-0.15, -0.1) is 0 Å².